The molecule has 0 radical (unpaired) electrons. The van der Waals surface area contributed by atoms with E-state index < -0.39 is 11.4 Å². The maximum absolute atomic E-state index is 12.3. The molecule has 1 aliphatic rings. The lowest BCUT2D eigenvalue weighted by atomic mass is 10.0. The zero-order chi connectivity index (χ0) is 15.7. The minimum absolute atomic E-state index is 0.264. The Kier molecular flexibility index (Phi) is 3.61. The van der Waals surface area contributed by atoms with Gasteiger partial charge < -0.3 is 10.0 Å². The van der Waals surface area contributed by atoms with Crippen LogP contribution in [-0.2, 0) is 16.0 Å². The Hall–Kier alpha value is -2.36. The molecule has 22 heavy (non-hydrogen) atoms. The number of carboxylic acid groups (broad SMARTS) is 1. The van der Waals surface area contributed by atoms with Gasteiger partial charge >= 0.3 is 5.97 Å². The summed E-state index contributed by atoms with van der Waals surface area (Å²) in [6.45, 7) is 0.530. The molecule has 1 N–H and O–H groups in total. The summed E-state index contributed by atoms with van der Waals surface area (Å²) in [7, 11) is 1.69. The van der Waals surface area contributed by atoms with E-state index in [1.165, 1.54) is 16.3 Å². The van der Waals surface area contributed by atoms with Crippen LogP contribution in [-0.4, -0.2) is 35.5 Å². The number of amides is 1. The molecule has 1 amide bonds. The Balaban J connectivity index is 1.72. The maximum atomic E-state index is 12.3. The van der Waals surface area contributed by atoms with E-state index in [0.717, 1.165) is 6.42 Å². The molecule has 0 spiro atoms. The van der Waals surface area contributed by atoms with Crippen LogP contribution >= 0.6 is 0 Å². The monoisotopic (exact) mass is 297 g/mol. The van der Waals surface area contributed by atoms with Gasteiger partial charge in [-0.3, -0.25) is 9.59 Å². The minimum Gasteiger partial charge on any atom is -0.480 e. The van der Waals surface area contributed by atoms with Crippen molar-refractivity contribution in [3.05, 3.63) is 48.0 Å². The fraction of sp³-hybridized carbons (Fsp3) is 0.333. The Morgan fingerprint density at radius 2 is 1.82 bits per heavy atom. The van der Waals surface area contributed by atoms with Crippen molar-refractivity contribution in [3.8, 4) is 0 Å². The Morgan fingerprint density at radius 3 is 2.50 bits per heavy atom. The number of carboxylic acids is 1. The summed E-state index contributed by atoms with van der Waals surface area (Å²) >= 11 is 0. The van der Waals surface area contributed by atoms with Gasteiger partial charge in [-0.05, 0) is 35.6 Å². The number of fused-ring (bicyclic) bond motifs is 1. The summed E-state index contributed by atoms with van der Waals surface area (Å²) in [6.07, 6.45) is 1.64. The topological polar surface area (TPSA) is 57.6 Å². The van der Waals surface area contributed by atoms with Gasteiger partial charge in [-0.2, -0.15) is 0 Å². The van der Waals surface area contributed by atoms with Crippen molar-refractivity contribution in [3.63, 3.8) is 0 Å². The third kappa shape index (κ3) is 2.45. The molecule has 4 nitrogen and oxygen atoms in total. The van der Waals surface area contributed by atoms with E-state index >= 15 is 0 Å². The first kappa shape index (κ1) is 14.6. The van der Waals surface area contributed by atoms with Crippen molar-refractivity contribution < 1.29 is 14.7 Å². The fourth-order valence-electron chi connectivity index (χ4n) is 2.91. The third-order valence-corrected chi connectivity index (χ3v) is 4.51. The van der Waals surface area contributed by atoms with Gasteiger partial charge in [0.2, 0.25) is 5.91 Å². The van der Waals surface area contributed by atoms with Crippen LogP contribution in [0.15, 0.2) is 42.5 Å². The number of aliphatic carboxylic acids is 1. The Bertz CT molecular complexity index is 729. The van der Waals surface area contributed by atoms with Crippen LogP contribution in [0.2, 0.25) is 0 Å². The largest absolute Gasteiger partial charge is 0.480 e. The summed E-state index contributed by atoms with van der Waals surface area (Å²) in [5.74, 6) is -1.25. The highest BCUT2D eigenvalue weighted by atomic mass is 16.4. The quantitative estimate of drug-likeness (QED) is 0.863. The van der Waals surface area contributed by atoms with Crippen molar-refractivity contribution in [1.29, 1.82) is 0 Å². The number of hydrogen-bond donors (Lipinski definition) is 1. The van der Waals surface area contributed by atoms with E-state index in [-0.39, 0.29) is 5.91 Å². The van der Waals surface area contributed by atoms with Crippen molar-refractivity contribution in [1.82, 2.24) is 4.90 Å². The normalized spacial score (nSPS) is 15.5. The zero-order valence-corrected chi connectivity index (χ0v) is 12.6. The molecule has 0 heterocycles. The maximum Gasteiger partial charge on any atom is 0.319 e. The van der Waals surface area contributed by atoms with Gasteiger partial charge in [0.05, 0.1) is 0 Å². The summed E-state index contributed by atoms with van der Waals surface area (Å²) in [4.78, 5) is 25.1. The molecule has 4 heteroatoms. The number of rotatable bonds is 5. The van der Waals surface area contributed by atoms with E-state index in [9.17, 15) is 14.7 Å². The molecule has 1 fully saturated rings. The molecule has 1 aliphatic carbocycles. The average Bonchev–Trinajstić information content (AvgIpc) is 3.33. The van der Waals surface area contributed by atoms with Gasteiger partial charge in [-0.1, -0.05) is 42.5 Å². The van der Waals surface area contributed by atoms with Crippen molar-refractivity contribution in [2.24, 2.45) is 5.41 Å². The van der Waals surface area contributed by atoms with Gasteiger partial charge in [0, 0.05) is 13.6 Å². The molecule has 2 aromatic carbocycles. The smallest absolute Gasteiger partial charge is 0.319 e. The van der Waals surface area contributed by atoms with Gasteiger partial charge in [-0.15, -0.1) is 0 Å². The van der Waals surface area contributed by atoms with E-state index in [2.05, 4.69) is 24.3 Å². The van der Waals surface area contributed by atoms with Gasteiger partial charge in [0.1, 0.15) is 5.41 Å². The number of likely N-dealkylation sites (N-methyl/N-ethyl adjacent to an activating group) is 1. The standard InChI is InChI=1S/C18H19NO3/c1-19(16(20)18(10-11-18)17(21)22)12-9-14-7-4-6-13-5-2-3-8-15(13)14/h2-8H,9-12H2,1H3,(H,21,22). The summed E-state index contributed by atoms with van der Waals surface area (Å²) in [5.41, 5.74) is 0.0333. The SMILES string of the molecule is CN(CCc1cccc2ccccc12)C(=O)C1(C(=O)O)CC1. The average molecular weight is 297 g/mol. The minimum atomic E-state index is -1.15. The predicted molar refractivity (Wildman–Crippen MR) is 84.6 cm³/mol. The predicted octanol–water partition coefficient (Wildman–Crippen LogP) is 2.71. The molecule has 0 unspecified atom stereocenters. The van der Waals surface area contributed by atoms with Crippen LogP contribution in [0.3, 0.4) is 0 Å². The molecule has 3 rings (SSSR count). The molecule has 114 valence electrons. The van der Waals surface area contributed by atoms with E-state index in [1.807, 2.05) is 18.2 Å². The first-order valence-corrected chi connectivity index (χ1v) is 7.50. The molecule has 2 aromatic rings. The third-order valence-electron chi connectivity index (χ3n) is 4.51. The molecular formula is C18H19NO3. The Morgan fingerprint density at radius 1 is 1.14 bits per heavy atom. The van der Waals surface area contributed by atoms with Crippen molar-refractivity contribution >= 4 is 22.6 Å². The van der Waals surface area contributed by atoms with E-state index in [4.69, 9.17) is 0 Å². The van der Waals surface area contributed by atoms with Gasteiger partial charge in [0.25, 0.3) is 0 Å². The molecule has 1 saturated carbocycles. The number of carbonyl (C=O) groups is 2. The first-order valence-electron chi connectivity index (χ1n) is 7.50. The molecular weight excluding hydrogens is 278 g/mol. The van der Waals surface area contributed by atoms with Crippen LogP contribution in [0, 0.1) is 5.41 Å². The lowest BCUT2D eigenvalue weighted by Gasteiger charge is -2.21. The number of benzene rings is 2. The second-order valence-corrected chi connectivity index (χ2v) is 6.00. The van der Waals surface area contributed by atoms with E-state index in [1.54, 1.807) is 11.9 Å². The molecule has 0 aromatic heterocycles. The molecule has 0 bridgehead atoms. The lowest BCUT2D eigenvalue weighted by molar-refractivity contribution is -0.152. The van der Waals surface area contributed by atoms with Gasteiger partial charge in [0.15, 0.2) is 0 Å². The molecule has 0 aliphatic heterocycles. The highest BCUT2D eigenvalue weighted by Gasteiger charge is 2.58. The van der Waals surface area contributed by atoms with Crippen molar-refractivity contribution in [2.45, 2.75) is 19.3 Å². The van der Waals surface area contributed by atoms with Crippen LogP contribution in [0.25, 0.3) is 10.8 Å². The second-order valence-electron chi connectivity index (χ2n) is 6.00. The van der Waals surface area contributed by atoms with Crippen LogP contribution in [0.1, 0.15) is 18.4 Å². The summed E-state index contributed by atoms with van der Waals surface area (Å²) in [5, 5.41) is 11.6. The summed E-state index contributed by atoms with van der Waals surface area (Å²) in [6, 6.07) is 14.3. The van der Waals surface area contributed by atoms with Crippen LogP contribution in [0.4, 0.5) is 0 Å². The van der Waals surface area contributed by atoms with E-state index in [0.29, 0.717) is 19.4 Å². The Labute approximate surface area is 129 Å². The highest BCUT2D eigenvalue weighted by Crippen LogP contribution is 2.47. The molecule has 0 saturated heterocycles. The fourth-order valence-corrected chi connectivity index (χ4v) is 2.91. The first-order chi connectivity index (χ1) is 10.5. The number of nitrogens with zero attached hydrogens (tertiary/aromatic N) is 1. The molecule has 0 atom stereocenters. The second kappa shape index (κ2) is 5.44. The van der Waals surface area contributed by atoms with Crippen LogP contribution in [0.5, 0.6) is 0 Å². The van der Waals surface area contributed by atoms with Crippen molar-refractivity contribution in [2.75, 3.05) is 13.6 Å². The van der Waals surface area contributed by atoms with Gasteiger partial charge in [-0.25, -0.2) is 0 Å². The highest BCUT2D eigenvalue weighted by molar-refractivity contribution is 6.04. The summed E-state index contributed by atoms with van der Waals surface area (Å²) < 4.78 is 0. The number of hydrogen-bond acceptors (Lipinski definition) is 2. The lowest BCUT2D eigenvalue weighted by Crippen LogP contribution is -2.39. The number of carbonyl (C=O) groups excluding carboxylic acids is 1. The van der Waals surface area contributed by atoms with Crippen LogP contribution < -0.4 is 0 Å². The zero-order valence-electron chi connectivity index (χ0n) is 12.6.